The number of ketones is 1. The summed E-state index contributed by atoms with van der Waals surface area (Å²) >= 11 is 0. The largest absolute Gasteiger partial charge is 0.383 e. The zero-order chi connectivity index (χ0) is 13.0. The lowest BCUT2D eigenvalue weighted by atomic mass is 10.3. The van der Waals surface area contributed by atoms with Crippen LogP contribution >= 0.6 is 0 Å². The second-order valence-electron chi connectivity index (χ2n) is 3.90. The van der Waals surface area contributed by atoms with Crippen molar-refractivity contribution in [1.29, 1.82) is 0 Å². The smallest absolute Gasteiger partial charge is 0.209 e. The first-order chi connectivity index (χ1) is 8.66. The van der Waals surface area contributed by atoms with Crippen LogP contribution in [0.4, 0.5) is 0 Å². The molecule has 0 bridgehead atoms. The van der Waals surface area contributed by atoms with Gasteiger partial charge in [-0.05, 0) is 12.1 Å². The second-order valence-corrected chi connectivity index (χ2v) is 3.90. The van der Waals surface area contributed by atoms with Crippen molar-refractivity contribution in [1.82, 2.24) is 24.9 Å². The maximum Gasteiger partial charge on any atom is 0.209 e. The van der Waals surface area contributed by atoms with Crippen molar-refractivity contribution in [2.75, 3.05) is 14.1 Å². The van der Waals surface area contributed by atoms with Crippen molar-refractivity contribution >= 4 is 5.78 Å². The van der Waals surface area contributed by atoms with Crippen LogP contribution in [0.15, 0.2) is 43.0 Å². The lowest BCUT2D eigenvalue weighted by molar-refractivity contribution is 0.104. The zero-order valence-electron chi connectivity index (χ0n) is 10.2. The average Bonchev–Trinajstić information content (AvgIpc) is 2.86. The molecule has 0 atom stereocenters. The lowest BCUT2D eigenvalue weighted by Crippen LogP contribution is -2.03. The van der Waals surface area contributed by atoms with Gasteiger partial charge in [-0.2, -0.15) is 0 Å². The minimum Gasteiger partial charge on any atom is -0.383 e. The van der Waals surface area contributed by atoms with Crippen molar-refractivity contribution in [3.63, 3.8) is 0 Å². The van der Waals surface area contributed by atoms with Gasteiger partial charge in [0.15, 0.2) is 5.69 Å². The Balaban J connectivity index is 2.19. The minimum atomic E-state index is -0.182. The van der Waals surface area contributed by atoms with Crippen molar-refractivity contribution in [2.45, 2.75) is 0 Å². The van der Waals surface area contributed by atoms with Gasteiger partial charge < -0.3 is 4.90 Å². The number of allylic oxidation sites excluding steroid dienone is 1. The molecule has 18 heavy (non-hydrogen) atoms. The molecule has 2 heterocycles. The van der Waals surface area contributed by atoms with Gasteiger partial charge in [-0.3, -0.25) is 9.78 Å². The predicted octanol–water partition coefficient (Wildman–Crippen LogP) is 0.920. The Bertz CT molecular complexity index is 559. The van der Waals surface area contributed by atoms with E-state index in [0.29, 0.717) is 5.69 Å². The molecule has 0 spiro atoms. The summed E-state index contributed by atoms with van der Waals surface area (Å²) in [5.74, 6) is -0.182. The van der Waals surface area contributed by atoms with E-state index in [1.807, 2.05) is 20.2 Å². The highest BCUT2D eigenvalue weighted by molar-refractivity contribution is 6.02. The summed E-state index contributed by atoms with van der Waals surface area (Å²) < 4.78 is 1.52. The van der Waals surface area contributed by atoms with Crippen LogP contribution in [0.2, 0.25) is 0 Å². The van der Waals surface area contributed by atoms with Crippen LogP contribution in [-0.2, 0) is 0 Å². The number of aromatic nitrogens is 4. The Morgan fingerprint density at radius 3 is 2.94 bits per heavy atom. The van der Waals surface area contributed by atoms with Gasteiger partial charge in [-0.1, -0.05) is 5.21 Å². The standard InChI is InChI=1S/C12H13N5O/c1-16(2)7-5-12(18)11-9-17(15-14-11)10-4-3-6-13-8-10/h3-9H,1-2H3/b7-5+. The van der Waals surface area contributed by atoms with Crippen molar-refractivity contribution in [2.24, 2.45) is 0 Å². The molecule has 0 N–H and O–H groups in total. The number of rotatable bonds is 4. The van der Waals surface area contributed by atoms with Gasteiger partial charge in [0.25, 0.3) is 0 Å². The SMILES string of the molecule is CN(C)/C=C/C(=O)c1cn(-c2cccnc2)nn1. The fraction of sp³-hybridized carbons (Fsp3) is 0.167. The molecule has 0 aromatic carbocycles. The predicted molar refractivity (Wildman–Crippen MR) is 66.3 cm³/mol. The molecule has 2 rings (SSSR count). The summed E-state index contributed by atoms with van der Waals surface area (Å²) in [6.45, 7) is 0. The van der Waals surface area contributed by atoms with Gasteiger partial charge in [-0.15, -0.1) is 5.10 Å². The van der Waals surface area contributed by atoms with Crippen LogP contribution in [0.3, 0.4) is 0 Å². The van der Waals surface area contributed by atoms with Crippen LogP contribution in [0, 0.1) is 0 Å². The van der Waals surface area contributed by atoms with Crippen LogP contribution in [-0.4, -0.2) is 44.8 Å². The molecule has 2 aromatic rings. The Morgan fingerprint density at radius 2 is 2.28 bits per heavy atom. The maximum absolute atomic E-state index is 11.7. The van der Waals surface area contributed by atoms with Gasteiger partial charge in [-0.25, -0.2) is 4.68 Å². The highest BCUT2D eigenvalue weighted by Crippen LogP contribution is 2.05. The number of hydrogen-bond acceptors (Lipinski definition) is 5. The summed E-state index contributed by atoms with van der Waals surface area (Å²) in [5, 5.41) is 7.73. The molecule has 0 aliphatic heterocycles. The van der Waals surface area contributed by atoms with E-state index in [1.54, 1.807) is 35.8 Å². The van der Waals surface area contributed by atoms with E-state index in [1.165, 1.54) is 10.8 Å². The average molecular weight is 243 g/mol. The number of nitrogens with zero attached hydrogens (tertiary/aromatic N) is 5. The van der Waals surface area contributed by atoms with E-state index in [2.05, 4.69) is 15.3 Å². The first-order valence-electron chi connectivity index (χ1n) is 5.38. The molecule has 0 fully saturated rings. The molecule has 6 heteroatoms. The molecule has 0 saturated heterocycles. The van der Waals surface area contributed by atoms with Crippen LogP contribution in [0.25, 0.3) is 5.69 Å². The Hall–Kier alpha value is -2.50. The van der Waals surface area contributed by atoms with E-state index in [0.717, 1.165) is 5.69 Å². The third-order valence-corrected chi connectivity index (χ3v) is 2.18. The molecular weight excluding hydrogens is 230 g/mol. The van der Waals surface area contributed by atoms with Crippen LogP contribution < -0.4 is 0 Å². The third kappa shape index (κ3) is 2.79. The van der Waals surface area contributed by atoms with E-state index in [9.17, 15) is 4.79 Å². The Kier molecular flexibility index (Phi) is 3.47. The molecule has 0 aliphatic rings. The molecular formula is C12H13N5O. The molecule has 0 radical (unpaired) electrons. The van der Waals surface area contributed by atoms with Gasteiger partial charge >= 0.3 is 0 Å². The van der Waals surface area contributed by atoms with E-state index >= 15 is 0 Å². The van der Waals surface area contributed by atoms with Gasteiger partial charge in [0, 0.05) is 32.6 Å². The minimum absolute atomic E-state index is 0.182. The fourth-order valence-corrected chi connectivity index (χ4v) is 1.29. The van der Waals surface area contributed by atoms with E-state index in [4.69, 9.17) is 0 Å². The van der Waals surface area contributed by atoms with Crippen LogP contribution in [0.5, 0.6) is 0 Å². The third-order valence-electron chi connectivity index (χ3n) is 2.18. The molecule has 0 saturated carbocycles. The summed E-state index contributed by atoms with van der Waals surface area (Å²) in [6, 6.07) is 3.63. The summed E-state index contributed by atoms with van der Waals surface area (Å²) in [5.41, 5.74) is 1.07. The molecule has 0 unspecified atom stereocenters. The fourth-order valence-electron chi connectivity index (χ4n) is 1.29. The second kappa shape index (κ2) is 5.22. The van der Waals surface area contributed by atoms with Gasteiger partial charge in [0.1, 0.15) is 0 Å². The topological polar surface area (TPSA) is 63.9 Å². The summed E-state index contributed by atoms with van der Waals surface area (Å²) in [7, 11) is 3.69. The Morgan fingerprint density at radius 1 is 1.44 bits per heavy atom. The number of carbonyl (C=O) groups excluding carboxylic acids is 1. The lowest BCUT2D eigenvalue weighted by Gasteiger charge is -2.01. The molecule has 0 amide bonds. The van der Waals surface area contributed by atoms with Crippen molar-refractivity contribution in [3.05, 3.63) is 48.7 Å². The van der Waals surface area contributed by atoms with Crippen molar-refractivity contribution < 1.29 is 4.79 Å². The molecule has 2 aromatic heterocycles. The number of pyridine rings is 1. The molecule has 0 aliphatic carbocycles. The van der Waals surface area contributed by atoms with Gasteiger partial charge in [0.05, 0.1) is 18.1 Å². The van der Waals surface area contributed by atoms with E-state index < -0.39 is 0 Å². The monoisotopic (exact) mass is 243 g/mol. The maximum atomic E-state index is 11.7. The first-order valence-corrected chi connectivity index (χ1v) is 5.38. The van der Waals surface area contributed by atoms with Crippen LogP contribution in [0.1, 0.15) is 10.5 Å². The zero-order valence-corrected chi connectivity index (χ0v) is 10.2. The highest BCUT2D eigenvalue weighted by Gasteiger charge is 2.08. The number of carbonyl (C=O) groups is 1. The van der Waals surface area contributed by atoms with Gasteiger partial charge in [0.2, 0.25) is 5.78 Å². The quantitative estimate of drug-likeness (QED) is 0.590. The van der Waals surface area contributed by atoms with Crippen molar-refractivity contribution in [3.8, 4) is 5.69 Å². The first kappa shape index (κ1) is 12.0. The highest BCUT2D eigenvalue weighted by atomic mass is 16.1. The van der Waals surface area contributed by atoms with E-state index in [-0.39, 0.29) is 5.78 Å². The number of hydrogen-bond donors (Lipinski definition) is 0. The normalized spacial score (nSPS) is 10.8. The summed E-state index contributed by atoms with van der Waals surface area (Å²) in [4.78, 5) is 17.5. The molecule has 6 nitrogen and oxygen atoms in total. The molecule has 92 valence electrons. The summed E-state index contributed by atoms with van der Waals surface area (Å²) in [6.07, 6.45) is 8.03. The Labute approximate surface area is 105 Å².